The summed E-state index contributed by atoms with van der Waals surface area (Å²) in [7, 11) is -16.8. The molecule has 0 saturated carbocycles. The second kappa shape index (κ2) is 11.7. The van der Waals surface area contributed by atoms with Crippen molar-refractivity contribution >= 4 is 23.5 Å². The average molecular weight is 494 g/mol. The Morgan fingerprint density at radius 2 is 1.00 bits per heavy atom. The molecule has 0 bridgehead atoms. The van der Waals surface area contributed by atoms with E-state index in [2.05, 4.69) is 13.1 Å². The molecule has 176 valence electrons. The summed E-state index contributed by atoms with van der Waals surface area (Å²) in [6, 6.07) is 0. The molecule has 0 spiro atoms. The molecular weight excluding hydrogens is 469 g/mol. The maximum Gasteiger partial charge on any atom is 0.490 e. The third-order valence-electron chi connectivity index (χ3n) is 3.44. The highest BCUT2D eigenvalue weighted by Gasteiger charge is 2.42. The van der Waals surface area contributed by atoms with Crippen LogP contribution in [0.1, 0.15) is 0 Å². The number of phosphoric acid groups is 3. The molecule has 0 aromatic heterocycles. The molecule has 16 nitrogen and oxygen atoms in total. The van der Waals surface area contributed by atoms with Gasteiger partial charge in [0, 0.05) is 0 Å². The molecule has 0 heterocycles. The van der Waals surface area contributed by atoms with Gasteiger partial charge < -0.3 is 49.8 Å². The highest BCUT2D eigenvalue weighted by molar-refractivity contribution is 7.66. The fraction of sp³-hybridized carbons (Fsp3) is 1.00. The predicted molar refractivity (Wildman–Crippen MR) is 90.9 cm³/mol. The van der Waals surface area contributed by atoms with Gasteiger partial charge in [-0.15, -0.1) is 0 Å². The lowest BCUT2D eigenvalue weighted by Crippen LogP contribution is -2.43. The summed E-state index contributed by atoms with van der Waals surface area (Å²) < 4.78 is 50.0. The molecule has 9 N–H and O–H groups in total. The minimum Gasteiger partial charge on any atom is -0.396 e. The normalized spacial score (nSPS) is 17.7. The molecule has 0 rings (SSSR count). The van der Waals surface area contributed by atoms with Crippen molar-refractivity contribution in [3.63, 3.8) is 0 Å². The SMILES string of the molecule is O=P(O)(O)OP(=O)(O)OP(=O)(O)OCC(CO)(CO)COCC(CO)(CO)CO. The standard InChI is InChI=1S/C10H25O16P3/c11-1-9(2-12,3-13)6-23-7-10(4-14,5-15)8-24-28(19,20)26-29(21,22)25-27(16,17)18/h11-15H,1-8H2,(H,19,20)(H,21,22)(H2,16,17,18). The molecular formula is C10H25O16P3. The fourth-order valence-corrected chi connectivity index (χ4v) is 4.70. The van der Waals surface area contributed by atoms with E-state index in [4.69, 9.17) is 19.4 Å². The van der Waals surface area contributed by atoms with Gasteiger partial charge in [-0.25, -0.2) is 13.7 Å². The molecule has 0 aromatic rings. The van der Waals surface area contributed by atoms with Gasteiger partial charge in [-0.1, -0.05) is 0 Å². The van der Waals surface area contributed by atoms with Crippen LogP contribution in [-0.4, -0.2) is 98.0 Å². The number of aliphatic hydroxyl groups is 5. The van der Waals surface area contributed by atoms with Crippen LogP contribution in [0.2, 0.25) is 0 Å². The van der Waals surface area contributed by atoms with E-state index in [0.29, 0.717) is 0 Å². The van der Waals surface area contributed by atoms with Crippen molar-refractivity contribution in [1.29, 1.82) is 0 Å². The van der Waals surface area contributed by atoms with Crippen molar-refractivity contribution in [3.05, 3.63) is 0 Å². The molecule has 2 atom stereocenters. The molecule has 0 aliphatic heterocycles. The smallest absolute Gasteiger partial charge is 0.396 e. The van der Waals surface area contributed by atoms with Crippen molar-refractivity contribution < 1.29 is 76.7 Å². The first-order chi connectivity index (χ1) is 13.1. The quantitative estimate of drug-likeness (QED) is 0.0986. The van der Waals surface area contributed by atoms with E-state index < -0.39 is 87.2 Å². The van der Waals surface area contributed by atoms with Crippen LogP contribution in [-0.2, 0) is 31.6 Å². The molecule has 2 unspecified atom stereocenters. The van der Waals surface area contributed by atoms with E-state index >= 15 is 0 Å². The molecule has 29 heavy (non-hydrogen) atoms. The molecule has 19 heteroatoms. The molecule has 0 fully saturated rings. The van der Waals surface area contributed by atoms with Crippen LogP contribution in [0.3, 0.4) is 0 Å². The molecule has 0 amide bonds. The predicted octanol–water partition coefficient (Wildman–Crippen LogP) is -2.72. The first kappa shape index (κ1) is 29.2. The Bertz CT molecular complexity index is 616. The number of hydrogen-bond acceptors (Lipinski definition) is 12. The first-order valence-electron chi connectivity index (χ1n) is 7.54. The Labute approximate surface area is 164 Å². The van der Waals surface area contributed by atoms with E-state index in [1.54, 1.807) is 0 Å². The lowest BCUT2D eigenvalue weighted by molar-refractivity contribution is -0.102. The Hall–Kier alpha value is 0.170. The third-order valence-corrected chi connectivity index (χ3v) is 7.23. The van der Waals surface area contributed by atoms with Gasteiger partial charge in [0.05, 0.1) is 63.7 Å². The minimum absolute atomic E-state index is 0.451. The van der Waals surface area contributed by atoms with Gasteiger partial charge in [-0.3, -0.25) is 4.52 Å². The maximum absolute atomic E-state index is 11.7. The van der Waals surface area contributed by atoms with Crippen molar-refractivity contribution in [3.8, 4) is 0 Å². The van der Waals surface area contributed by atoms with Gasteiger partial charge in [0.1, 0.15) is 0 Å². The zero-order valence-electron chi connectivity index (χ0n) is 14.9. The van der Waals surface area contributed by atoms with Crippen molar-refractivity contribution in [2.75, 3.05) is 52.9 Å². The van der Waals surface area contributed by atoms with E-state index in [1.165, 1.54) is 0 Å². The highest BCUT2D eigenvalue weighted by atomic mass is 31.3. The average Bonchev–Trinajstić information content (AvgIpc) is 2.59. The number of phosphoric ester groups is 1. The van der Waals surface area contributed by atoms with Gasteiger partial charge in [-0.2, -0.15) is 8.62 Å². The summed E-state index contributed by atoms with van der Waals surface area (Å²) in [4.78, 5) is 35.3. The monoisotopic (exact) mass is 494 g/mol. The van der Waals surface area contributed by atoms with Crippen LogP contribution >= 0.6 is 23.5 Å². The lowest BCUT2D eigenvalue weighted by atomic mass is 9.91. The second-order valence-corrected chi connectivity index (χ2v) is 10.6. The summed E-state index contributed by atoms with van der Waals surface area (Å²) in [6.07, 6.45) is 0. The van der Waals surface area contributed by atoms with E-state index in [-0.39, 0.29) is 0 Å². The minimum atomic E-state index is -5.73. The maximum atomic E-state index is 11.7. The molecule has 0 aromatic carbocycles. The van der Waals surface area contributed by atoms with E-state index in [9.17, 15) is 44.1 Å². The largest absolute Gasteiger partial charge is 0.490 e. The van der Waals surface area contributed by atoms with Crippen LogP contribution < -0.4 is 0 Å². The van der Waals surface area contributed by atoms with Gasteiger partial charge >= 0.3 is 23.5 Å². The third kappa shape index (κ3) is 10.8. The summed E-state index contributed by atoms with van der Waals surface area (Å²) in [5, 5.41) is 46.5. The summed E-state index contributed by atoms with van der Waals surface area (Å²) in [6.45, 7) is -5.92. The first-order valence-corrected chi connectivity index (χ1v) is 12.1. The van der Waals surface area contributed by atoms with Crippen LogP contribution in [0.15, 0.2) is 0 Å². The van der Waals surface area contributed by atoms with Crippen LogP contribution in [0, 0.1) is 10.8 Å². The van der Waals surface area contributed by atoms with E-state index in [0.717, 1.165) is 0 Å². The zero-order valence-corrected chi connectivity index (χ0v) is 17.6. The van der Waals surface area contributed by atoms with Crippen LogP contribution in [0.25, 0.3) is 0 Å². The molecule has 0 saturated heterocycles. The highest BCUT2D eigenvalue weighted by Crippen LogP contribution is 2.66. The van der Waals surface area contributed by atoms with Crippen molar-refractivity contribution in [1.82, 2.24) is 0 Å². The van der Waals surface area contributed by atoms with Crippen LogP contribution in [0.4, 0.5) is 0 Å². The Balaban J connectivity index is 5.04. The number of rotatable bonds is 16. The van der Waals surface area contributed by atoms with Gasteiger partial charge in [-0.05, 0) is 0 Å². The fourth-order valence-electron chi connectivity index (χ4n) is 1.57. The number of ether oxygens (including phenoxy) is 1. The lowest BCUT2D eigenvalue weighted by Gasteiger charge is -2.32. The molecule has 0 radical (unpaired) electrons. The molecule has 0 aliphatic carbocycles. The number of hydrogen-bond donors (Lipinski definition) is 9. The van der Waals surface area contributed by atoms with Crippen molar-refractivity contribution in [2.45, 2.75) is 0 Å². The molecule has 0 aliphatic rings. The second-order valence-electron chi connectivity index (χ2n) is 6.15. The van der Waals surface area contributed by atoms with Gasteiger partial charge in [0.15, 0.2) is 0 Å². The summed E-state index contributed by atoms with van der Waals surface area (Å²) in [5.74, 6) is 0. The zero-order chi connectivity index (χ0) is 23.0. The summed E-state index contributed by atoms with van der Waals surface area (Å²) >= 11 is 0. The topological polar surface area (TPSA) is 270 Å². The van der Waals surface area contributed by atoms with Gasteiger partial charge in [0.25, 0.3) is 0 Å². The van der Waals surface area contributed by atoms with E-state index in [1.807, 2.05) is 0 Å². The van der Waals surface area contributed by atoms with Crippen molar-refractivity contribution in [2.24, 2.45) is 10.8 Å². The Morgan fingerprint density at radius 1 is 0.586 bits per heavy atom. The Morgan fingerprint density at radius 3 is 1.38 bits per heavy atom. The number of aliphatic hydroxyl groups excluding tert-OH is 5. The van der Waals surface area contributed by atoms with Crippen LogP contribution in [0.5, 0.6) is 0 Å². The Kier molecular flexibility index (Phi) is 11.8. The van der Waals surface area contributed by atoms with Gasteiger partial charge in [0.2, 0.25) is 0 Å². The summed E-state index contributed by atoms with van der Waals surface area (Å²) in [5.41, 5.74) is -3.24.